The molecule has 0 saturated carbocycles. The Hall–Kier alpha value is -3.49. The molecule has 118 valence electrons. The van der Waals surface area contributed by atoms with Gasteiger partial charge in [-0.1, -0.05) is 36.4 Å². The Morgan fingerprint density at radius 2 is 1.61 bits per heavy atom. The molecule has 9 heteroatoms. The fraction of sp³-hybridized carbons (Fsp3) is 0.0714. The predicted octanol–water partition coefficient (Wildman–Crippen LogP) is 2.16. The van der Waals surface area contributed by atoms with Crippen molar-refractivity contribution in [2.24, 2.45) is 0 Å². The summed E-state index contributed by atoms with van der Waals surface area (Å²) in [4.78, 5) is 41.1. The molecule has 0 heterocycles. The average molecular weight is 318 g/mol. The number of rotatable bonds is 7. The molecule has 9 nitrogen and oxygen atoms in total. The van der Waals surface area contributed by atoms with Crippen molar-refractivity contribution in [2.75, 3.05) is 0 Å². The predicted molar refractivity (Wildman–Crippen MR) is 76.0 cm³/mol. The molecule has 0 bridgehead atoms. The average Bonchev–Trinajstić information content (AvgIpc) is 2.50. The van der Waals surface area contributed by atoms with Gasteiger partial charge in [-0.2, -0.15) is 0 Å². The number of aldehydes is 1. The van der Waals surface area contributed by atoms with E-state index in [2.05, 4.69) is 9.68 Å². The number of hydrogen-bond acceptors (Lipinski definition) is 7. The van der Waals surface area contributed by atoms with Crippen molar-refractivity contribution in [2.45, 2.75) is 5.92 Å². The van der Waals surface area contributed by atoms with Gasteiger partial charge in [-0.05, 0) is 23.3 Å². The quantitative estimate of drug-likeness (QED) is 0.435. The second-order valence-corrected chi connectivity index (χ2v) is 4.35. The summed E-state index contributed by atoms with van der Waals surface area (Å²) in [5.74, 6) is -1.39. The zero-order chi connectivity index (χ0) is 16.8. The Balaban J connectivity index is 2.48. The summed E-state index contributed by atoms with van der Waals surface area (Å²) < 4.78 is 0. The third kappa shape index (κ3) is 4.00. The van der Waals surface area contributed by atoms with E-state index in [-0.39, 0.29) is 17.1 Å². The zero-order valence-electron chi connectivity index (χ0n) is 11.5. The van der Waals surface area contributed by atoms with E-state index in [1.807, 2.05) is 0 Å². The van der Waals surface area contributed by atoms with E-state index >= 15 is 0 Å². The van der Waals surface area contributed by atoms with Gasteiger partial charge in [-0.25, -0.2) is 0 Å². The SMILES string of the molecule is O=CC(c1ccccc1)c1ccc(O[N+](=O)[O-])cc1O[N+](=O)[O-]. The van der Waals surface area contributed by atoms with Crippen LogP contribution in [0.1, 0.15) is 17.0 Å². The highest BCUT2D eigenvalue weighted by Crippen LogP contribution is 2.33. The van der Waals surface area contributed by atoms with Gasteiger partial charge in [-0.15, -0.1) is 20.2 Å². The monoisotopic (exact) mass is 318 g/mol. The van der Waals surface area contributed by atoms with E-state index < -0.39 is 16.1 Å². The highest BCUT2D eigenvalue weighted by molar-refractivity contribution is 5.70. The van der Waals surface area contributed by atoms with Gasteiger partial charge in [0.2, 0.25) is 0 Å². The van der Waals surface area contributed by atoms with Crippen LogP contribution in [0, 0.1) is 20.2 Å². The Morgan fingerprint density at radius 1 is 0.957 bits per heavy atom. The van der Waals surface area contributed by atoms with Crippen molar-refractivity contribution in [3.05, 3.63) is 79.9 Å². The highest BCUT2D eigenvalue weighted by atomic mass is 17.0. The van der Waals surface area contributed by atoms with Crippen LogP contribution in [0.25, 0.3) is 0 Å². The molecule has 0 amide bonds. The smallest absolute Gasteiger partial charge is 0.299 e. The molecule has 0 aromatic heterocycles. The van der Waals surface area contributed by atoms with E-state index in [0.717, 1.165) is 6.07 Å². The van der Waals surface area contributed by atoms with Gasteiger partial charge in [0.05, 0.1) is 5.92 Å². The maximum absolute atomic E-state index is 11.4. The molecule has 0 saturated heterocycles. The Labute approximate surface area is 129 Å². The van der Waals surface area contributed by atoms with Crippen LogP contribution in [0.2, 0.25) is 0 Å². The molecule has 0 N–H and O–H groups in total. The molecule has 1 unspecified atom stereocenters. The third-order valence-corrected chi connectivity index (χ3v) is 2.97. The Morgan fingerprint density at radius 3 is 2.17 bits per heavy atom. The van der Waals surface area contributed by atoms with Crippen molar-refractivity contribution < 1.29 is 24.6 Å². The normalized spacial score (nSPS) is 11.3. The standard InChI is InChI=1S/C14H10N2O7/c17-9-13(10-4-2-1-3-5-10)12-7-6-11(22-15(18)19)8-14(12)23-16(20)21/h1-9,13H. The lowest BCUT2D eigenvalue weighted by atomic mass is 9.92. The van der Waals surface area contributed by atoms with Gasteiger partial charge >= 0.3 is 0 Å². The lowest BCUT2D eigenvalue weighted by molar-refractivity contribution is -0.713. The van der Waals surface area contributed by atoms with Crippen molar-refractivity contribution in [1.29, 1.82) is 0 Å². The maximum atomic E-state index is 11.4. The third-order valence-electron chi connectivity index (χ3n) is 2.97. The summed E-state index contributed by atoms with van der Waals surface area (Å²) in [6.45, 7) is 0. The Bertz CT molecular complexity index is 733. The van der Waals surface area contributed by atoms with Crippen LogP contribution in [0.15, 0.2) is 48.5 Å². The van der Waals surface area contributed by atoms with Crippen LogP contribution in [0.5, 0.6) is 11.5 Å². The minimum absolute atomic E-state index is 0.193. The lowest BCUT2D eigenvalue weighted by Crippen LogP contribution is -2.11. The van der Waals surface area contributed by atoms with Gasteiger partial charge in [0.25, 0.3) is 10.2 Å². The summed E-state index contributed by atoms with van der Waals surface area (Å²) >= 11 is 0. The molecule has 2 aromatic carbocycles. The maximum Gasteiger partial charge on any atom is 0.299 e. The number of carbonyl (C=O) groups is 1. The largest absolute Gasteiger partial charge is 0.302 e. The van der Waals surface area contributed by atoms with Crippen molar-refractivity contribution >= 4 is 6.29 Å². The zero-order valence-corrected chi connectivity index (χ0v) is 11.5. The van der Waals surface area contributed by atoms with Crippen LogP contribution >= 0.6 is 0 Å². The molecule has 0 aliphatic rings. The second-order valence-electron chi connectivity index (χ2n) is 4.35. The summed E-state index contributed by atoms with van der Waals surface area (Å²) in [7, 11) is 0. The first-order valence-corrected chi connectivity index (χ1v) is 6.30. The fourth-order valence-corrected chi connectivity index (χ4v) is 2.07. The van der Waals surface area contributed by atoms with Gasteiger partial charge in [0.15, 0.2) is 0 Å². The first kappa shape index (κ1) is 15.9. The molecular weight excluding hydrogens is 308 g/mol. The summed E-state index contributed by atoms with van der Waals surface area (Å²) in [5.41, 5.74) is 0.789. The summed E-state index contributed by atoms with van der Waals surface area (Å²) in [5, 5.41) is 18.8. The second kappa shape index (κ2) is 6.98. The van der Waals surface area contributed by atoms with Gasteiger partial charge in [0.1, 0.15) is 17.8 Å². The van der Waals surface area contributed by atoms with Gasteiger partial charge in [-0.3, -0.25) is 9.68 Å². The topological polar surface area (TPSA) is 122 Å². The van der Waals surface area contributed by atoms with Crippen LogP contribution in [-0.2, 0) is 4.79 Å². The van der Waals surface area contributed by atoms with Crippen molar-refractivity contribution in [3.8, 4) is 11.5 Å². The van der Waals surface area contributed by atoms with Crippen molar-refractivity contribution in [1.82, 2.24) is 0 Å². The molecule has 0 spiro atoms. The van der Waals surface area contributed by atoms with Gasteiger partial charge in [0, 0.05) is 0 Å². The first-order valence-electron chi connectivity index (χ1n) is 6.30. The Kier molecular flexibility index (Phi) is 4.82. The van der Waals surface area contributed by atoms with E-state index in [1.165, 1.54) is 12.1 Å². The number of nitrogens with zero attached hydrogens (tertiary/aromatic N) is 2. The molecule has 2 aromatic rings. The van der Waals surface area contributed by atoms with Crippen LogP contribution in [0.3, 0.4) is 0 Å². The lowest BCUT2D eigenvalue weighted by Gasteiger charge is -2.15. The molecule has 0 aliphatic carbocycles. The molecule has 23 heavy (non-hydrogen) atoms. The number of benzene rings is 2. The fourth-order valence-electron chi connectivity index (χ4n) is 2.07. The molecule has 0 aliphatic heterocycles. The highest BCUT2D eigenvalue weighted by Gasteiger charge is 2.20. The number of hydrogen-bond donors (Lipinski definition) is 0. The molecule has 0 fully saturated rings. The van der Waals surface area contributed by atoms with E-state index in [9.17, 15) is 25.0 Å². The molecule has 1 atom stereocenters. The van der Waals surface area contributed by atoms with E-state index in [0.29, 0.717) is 11.8 Å². The summed E-state index contributed by atoms with van der Waals surface area (Å²) in [6, 6.07) is 12.1. The van der Waals surface area contributed by atoms with Crippen LogP contribution in [0.4, 0.5) is 0 Å². The van der Waals surface area contributed by atoms with Crippen LogP contribution in [-0.4, -0.2) is 16.5 Å². The molecule has 2 rings (SSSR count). The first-order chi connectivity index (χ1) is 11.0. The van der Waals surface area contributed by atoms with E-state index in [1.54, 1.807) is 30.3 Å². The van der Waals surface area contributed by atoms with E-state index in [4.69, 9.17) is 0 Å². The molecular formula is C14H10N2O7. The summed E-state index contributed by atoms with van der Waals surface area (Å²) in [6.07, 6.45) is 0.603. The van der Waals surface area contributed by atoms with Crippen molar-refractivity contribution in [3.63, 3.8) is 0 Å². The molecule has 0 radical (unpaired) electrons. The number of carbonyl (C=O) groups excluding carboxylic acids is 1. The minimum Gasteiger partial charge on any atom is -0.302 e. The minimum atomic E-state index is -1.07. The van der Waals surface area contributed by atoms with Crippen LogP contribution < -0.4 is 9.68 Å². The van der Waals surface area contributed by atoms with Gasteiger partial charge < -0.3 is 4.79 Å².